The van der Waals surface area contributed by atoms with Crippen LogP contribution in [0.5, 0.6) is 0 Å². The van der Waals surface area contributed by atoms with E-state index in [1.807, 2.05) is 7.05 Å². The summed E-state index contributed by atoms with van der Waals surface area (Å²) in [6.45, 7) is 2.38. The van der Waals surface area contributed by atoms with E-state index < -0.39 is 11.7 Å². The third-order valence-electron chi connectivity index (χ3n) is 4.66. The summed E-state index contributed by atoms with van der Waals surface area (Å²) < 4.78 is 40.0. The Balaban J connectivity index is 1.66. The number of carbonyl (C=O) groups is 1. The molecule has 140 valence electrons. The summed E-state index contributed by atoms with van der Waals surface area (Å²) >= 11 is 0. The molecule has 0 bridgehead atoms. The molecule has 1 saturated heterocycles. The molecule has 1 unspecified atom stereocenters. The standard InChI is InChI=1S/C17H20F3N5O/c1-11-8-13(17(18,19)20)6-5-12(11)9-21-16(26)25-7-3-4-14(25)15-23-22-10-24(15)2/h5-6,8,10,14H,3-4,7,9H2,1-2H3,(H,21,26). The number of nitrogens with zero attached hydrogens (tertiary/aromatic N) is 4. The molecule has 3 rings (SSSR count). The fourth-order valence-electron chi connectivity index (χ4n) is 3.21. The number of likely N-dealkylation sites (tertiary alicyclic amines) is 1. The highest BCUT2D eigenvalue weighted by Crippen LogP contribution is 2.31. The molecule has 9 heteroatoms. The quantitative estimate of drug-likeness (QED) is 0.906. The fourth-order valence-corrected chi connectivity index (χ4v) is 3.21. The van der Waals surface area contributed by atoms with Crippen LogP contribution in [0.3, 0.4) is 0 Å². The molecule has 2 aromatic rings. The first-order valence-corrected chi connectivity index (χ1v) is 8.32. The van der Waals surface area contributed by atoms with E-state index in [1.54, 1.807) is 22.7 Å². The lowest BCUT2D eigenvalue weighted by Crippen LogP contribution is -2.39. The fraction of sp³-hybridized carbons (Fsp3) is 0.471. The average molecular weight is 367 g/mol. The van der Waals surface area contributed by atoms with Gasteiger partial charge >= 0.3 is 12.2 Å². The van der Waals surface area contributed by atoms with Gasteiger partial charge in [0.2, 0.25) is 0 Å². The molecule has 1 N–H and O–H groups in total. The number of rotatable bonds is 3. The van der Waals surface area contributed by atoms with Crippen molar-refractivity contribution < 1.29 is 18.0 Å². The minimum absolute atomic E-state index is 0.142. The summed E-state index contributed by atoms with van der Waals surface area (Å²) in [5.41, 5.74) is 0.458. The Hall–Kier alpha value is -2.58. The lowest BCUT2D eigenvalue weighted by molar-refractivity contribution is -0.137. The molecule has 1 atom stereocenters. The summed E-state index contributed by atoms with van der Waals surface area (Å²) in [4.78, 5) is 14.2. The topological polar surface area (TPSA) is 63.1 Å². The number of nitrogens with one attached hydrogen (secondary N) is 1. The van der Waals surface area contributed by atoms with Crippen molar-refractivity contribution in [2.75, 3.05) is 6.54 Å². The zero-order valence-corrected chi connectivity index (χ0v) is 14.5. The summed E-state index contributed by atoms with van der Waals surface area (Å²) in [5.74, 6) is 0.725. The molecule has 1 aliphatic rings. The maximum atomic E-state index is 12.7. The van der Waals surface area contributed by atoms with Crippen molar-refractivity contribution in [2.24, 2.45) is 7.05 Å². The van der Waals surface area contributed by atoms with Crippen LogP contribution in [-0.2, 0) is 19.8 Å². The second-order valence-electron chi connectivity index (χ2n) is 6.45. The lowest BCUT2D eigenvalue weighted by Gasteiger charge is -2.24. The zero-order chi connectivity index (χ0) is 18.9. The Morgan fingerprint density at radius 2 is 2.15 bits per heavy atom. The van der Waals surface area contributed by atoms with Gasteiger partial charge < -0.3 is 14.8 Å². The number of hydrogen-bond donors (Lipinski definition) is 1. The Labute approximate surface area is 149 Å². The van der Waals surface area contributed by atoms with Crippen LogP contribution in [-0.4, -0.2) is 32.2 Å². The van der Waals surface area contributed by atoms with E-state index in [0.29, 0.717) is 17.7 Å². The van der Waals surface area contributed by atoms with Crippen molar-refractivity contribution in [3.8, 4) is 0 Å². The Morgan fingerprint density at radius 3 is 2.77 bits per heavy atom. The predicted octanol–water partition coefficient (Wildman–Crippen LogP) is 3.19. The van der Waals surface area contributed by atoms with E-state index in [1.165, 1.54) is 6.07 Å². The number of hydrogen-bond acceptors (Lipinski definition) is 3. The van der Waals surface area contributed by atoms with E-state index in [0.717, 1.165) is 30.8 Å². The summed E-state index contributed by atoms with van der Waals surface area (Å²) in [7, 11) is 1.83. The second kappa shape index (κ2) is 6.97. The van der Waals surface area contributed by atoms with Crippen LogP contribution in [0, 0.1) is 6.92 Å². The first kappa shape index (κ1) is 18.2. The van der Waals surface area contributed by atoms with Crippen LogP contribution < -0.4 is 5.32 Å². The molecule has 6 nitrogen and oxygen atoms in total. The van der Waals surface area contributed by atoms with Crippen molar-refractivity contribution in [3.63, 3.8) is 0 Å². The first-order chi connectivity index (χ1) is 12.3. The van der Waals surface area contributed by atoms with Gasteiger partial charge in [-0.3, -0.25) is 0 Å². The van der Waals surface area contributed by atoms with Crippen LogP contribution in [0.15, 0.2) is 24.5 Å². The van der Waals surface area contributed by atoms with Crippen LogP contribution >= 0.6 is 0 Å². The van der Waals surface area contributed by atoms with E-state index in [2.05, 4.69) is 15.5 Å². The highest BCUT2D eigenvalue weighted by Gasteiger charge is 2.33. The third kappa shape index (κ3) is 3.66. The van der Waals surface area contributed by atoms with Gasteiger partial charge in [0.1, 0.15) is 6.33 Å². The molecule has 1 aromatic carbocycles. The highest BCUT2D eigenvalue weighted by atomic mass is 19.4. The zero-order valence-electron chi connectivity index (χ0n) is 14.5. The van der Waals surface area contributed by atoms with Gasteiger partial charge in [0.05, 0.1) is 11.6 Å². The summed E-state index contributed by atoms with van der Waals surface area (Å²) in [6.07, 6.45) is -1.11. The number of carbonyl (C=O) groups excluding carboxylic acids is 1. The number of amides is 2. The largest absolute Gasteiger partial charge is 0.416 e. The van der Waals surface area contributed by atoms with E-state index in [-0.39, 0.29) is 18.6 Å². The molecule has 1 fully saturated rings. The van der Waals surface area contributed by atoms with Crippen LogP contribution in [0.1, 0.15) is 41.4 Å². The Bertz CT molecular complexity index is 802. The minimum atomic E-state index is -4.37. The van der Waals surface area contributed by atoms with Crippen molar-refractivity contribution in [1.29, 1.82) is 0 Å². The van der Waals surface area contributed by atoms with Gasteiger partial charge in [0.15, 0.2) is 5.82 Å². The van der Waals surface area contributed by atoms with Crippen molar-refractivity contribution >= 4 is 6.03 Å². The van der Waals surface area contributed by atoms with Crippen molar-refractivity contribution in [3.05, 3.63) is 47.0 Å². The SMILES string of the molecule is Cc1cc(C(F)(F)F)ccc1CNC(=O)N1CCCC1c1nncn1C. The second-order valence-corrected chi connectivity index (χ2v) is 6.45. The predicted molar refractivity (Wildman–Crippen MR) is 88.1 cm³/mol. The number of aromatic nitrogens is 3. The van der Waals surface area contributed by atoms with Crippen LogP contribution in [0.25, 0.3) is 0 Å². The number of urea groups is 1. The number of aryl methyl sites for hydroxylation is 2. The highest BCUT2D eigenvalue weighted by molar-refractivity contribution is 5.75. The molecule has 2 amide bonds. The number of benzene rings is 1. The molecule has 1 aliphatic heterocycles. The number of halogens is 3. The van der Waals surface area contributed by atoms with Gasteiger partial charge in [-0.25, -0.2) is 4.79 Å². The normalized spacial score (nSPS) is 17.6. The molecule has 0 aliphatic carbocycles. The van der Waals surface area contributed by atoms with Gasteiger partial charge in [-0.05, 0) is 43.0 Å². The van der Waals surface area contributed by atoms with Gasteiger partial charge in [0.25, 0.3) is 0 Å². The maximum Gasteiger partial charge on any atom is 0.416 e. The Morgan fingerprint density at radius 1 is 1.38 bits per heavy atom. The minimum Gasteiger partial charge on any atom is -0.334 e. The molecular formula is C17H20F3N5O. The van der Waals surface area contributed by atoms with E-state index in [9.17, 15) is 18.0 Å². The molecular weight excluding hydrogens is 347 g/mol. The lowest BCUT2D eigenvalue weighted by atomic mass is 10.0. The van der Waals surface area contributed by atoms with Crippen LogP contribution in [0.2, 0.25) is 0 Å². The molecule has 0 spiro atoms. The van der Waals surface area contributed by atoms with E-state index in [4.69, 9.17) is 0 Å². The summed E-state index contributed by atoms with van der Waals surface area (Å²) in [6, 6.07) is 3.14. The van der Waals surface area contributed by atoms with Crippen molar-refractivity contribution in [2.45, 2.75) is 38.5 Å². The Kier molecular flexibility index (Phi) is 4.88. The third-order valence-corrected chi connectivity index (χ3v) is 4.66. The summed E-state index contributed by atoms with van der Waals surface area (Å²) in [5, 5.41) is 10.7. The smallest absolute Gasteiger partial charge is 0.334 e. The molecule has 2 heterocycles. The molecule has 26 heavy (non-hydrogen) atoms. The maximum absolute atomic E-state index is 12.7. The molecule has 0 radical (unpaired) electrons. The molecule has 0 saturated carbocycles. The number of alkyl halides is 3. The van der Waals surface area contributed by atoms with Crippen LogP contribution in [0.4, 0.5) is 18.0 Å². The molecule has 1 aromatic heterocycles. The van der Waals surface area contributed by atoms with Gasteiger partial charge in [-0.15, -0.1) is 10.2 Å². The van der Waals surface area contributed by atoms with E-state index >= 15 is 0 Å². The van der Waals surface area contributed by atoms with Gasteiger partial charge in [0, 0.05) is 20.1 Å². The van der Waals surface area contributed by atoms with Gasteiger partial charge in [-0.1, -0.05) is 6.07 Å². The first-order valence-electron chi connectivity index (χ1n) is 8.32. The average Bonchev–Trinajstić information content (AvgIpc) is 3.20. The monoisotopic (exact) mass is 367 g/mol. The van der Waals surface area contributed by atoms with Crippen molar-refractivity contribution in [1.82, 2.24) is 25.0 Å². The van der Waals surface area contributed by atoms with Gasteiger partial charge in [-0.2, -0.15) is 13.2 Å².